The molecule has 0 N–H and O–H groups in total. The van der Waals surface area contributed by atoms with Gasteiger partial charge in [0.2, 0.25) is 0 Å². The van der Waals surface area contributed by atoms with Gasteiger partial charge in [0.1, 0.15) is 0 Å². The van der Waals surface area contributed by atoms with Crippen molar-refractivity contribution in [3.8, 4) is 0 Å². The van der Waals surface area contributed by atoms with Crippen LogP contribution in [0.3, 0.4) is 0 Å². The van der Waals surface area contributed by atoms with Crippen LogP contribution >= 0.6 is 23.1 Å². The van der Waals surface area contributed by atoms with Gasteiger partial charge in [0, 0.05) is 24.2 Å². The van der Waals surface area contributed by atoms with Crippen molar-refractivity contribution in [2.75, 3.05) is 36.6 Å². The SMILES string of the molecule is COC(=O)c1csc(N2CCCSCC2)n1. The average Bonchev–Trinajstić information content (AvgIpc) is 2.64. The van der Waals surface area contributed by atoms with Crippen LogP contribution in [0.5, 0.6) is 0 Å². The number of aromatic nitrogens is 1. The number of anilines is 1. The van der Waals surface area contributed by atoms with Crippen LogP contribution < -0.4 is 4.90 Å². The molecule has 4 nitrogen and oxygen atoms in total. The zero-order chi connectivity index (χ0) is 11.4. The summed E-state index contributed by atoms with van der Waals surface area (Å²) in [6.45, 7) is 2.04. The summed E-state index contributed by atoms with van der Waals surface area (Å²) in [6, 6.07) is 0. The number of methoxy groups -OCH3 is 1. The fourth-order valence-electron chi connectivity index (χ4n) is 1.55. The molecule has 0 amide bonds. The maximum Gasteiger partial charge on any atom is 0.357 e. The first-order valence-electron chi connectivity index (χ1n) is 5.18. The first-order chi connectivity index (χ1) is 7.81. The van der Waals surface area contributed by atoms with E-state index in [4.69, 9.17) is 0 Å². The first kappa shape index (κ1) is 11.7. The smallest absolute Gasteiger partial charge is 0.357 e. The molecule has 0 saturated carbocycles. The predicted molar refractivity (Wildman–Crippen MR) is 67.6 cm³/mol. The van der Waals surface area contributed by atoms with Gasteiger partial charge in [0.15, 0.2) is 10.8 Å². The summed E-state index contributed by atoms with van der Waals surface area (Å²) in [5.41, 5.74) is 0.416. The van der Waals surface area contributed by atoms with Gasteiger partial charge in [0.25, 0.3) is 0 Å². The minimum atomic E-state index is -0.355. The summed E-state index contributed by atoms with van der Waals surface area (Å²) in [5.74, 6) is 1.99. The molecular weight excluding hydrogens is 244 g/mol. The van der Waals surface area contributed by atoms with Crippen molar-refractivity contribution < 1.29 is 9.53 Å². The van der Waals surface area contributed by atoms with E-state index in [-0.39, 0.29) is 5.97 Å². The molecule has 1 aliphatic rings. The quantitative estimate of drug-likeness (QED) is 0.758. The number of rotatable bonds is 2. The lowest BCUT2D eigenvalue weighted by molar-refractivity contribution is 0.0595. The Balaban J connectivity index is 2.08. The lowest BCUT2D eigenvalue weighted by atomic mass is 10.4. The Morgan fingerprint density at radius 3 is 3.19 bits per heavy atom. The van der Waals surface area contributed by atoms with E-state index in [0.717, 1.165) is 24.0 Å². The zero-order valence-electron chi connectivity index (χ0n) is 9.14. The van der Waals surface area contributed by atoms with Crippen LogP contribution in [0.4, 0.5) is 5.13 Å². The molecule has 0 radical (unpaired) electrons. The van der Waals surface area contributed by atoms with Gasteiger partial charge >= 0.3 is 5.97 Å². The molecule has 2 rings (SSSR count). The minimum absolute atomic E-state index is 0.355. The second kappa shape index (κ2) is 5.54. The Bertz CT molecular complexity index is 359. The normalized spacial score (nSPS) is 16.9. The third-order valence-corrected chi connectivity index (χ3v) is 4.33. The van der Waals surface area contributed by atoms with Gasteiger partial charge in [-0.05, 0) is 12.2 Å². The number of hydrogen-bond acceptors (Lipinski definition) is 6. The van der Waals surface area contributed by atoms with Crippen molar-refractivity contribution >= 4 is 34.2 Å². The minimum Gasteiger partial charge on any atom is -0.464 e. The van der Waals surface area contributed by atoms with Gasteiger partial charge in [-0.25, -0.2) is 9.78 Å². The zero-order valence-corrected chi connectivity index (χ0v) is 10.8. The van der Waals surface area contributed by atoms with E-state index in [2.05, 4.69) is 14.6 Å². The summed E-state index contributed by atoms with van der Waals surface area (Å²) in [4.78, 5) is 17.8. The lowest BCUT2D eigenvalue weighted by Crippen LogP contribution is -2.25. The molecule has 0 atom stereocenters. The van der Waals surface area contributed by atoms with Crippen molar-refractivity contribution in [2.24, 2.45) is 0 Å². The molecule has 0 unspecified atom stereocenters. The number of carbonyl (C=O) groups excluding carboxylic acids is 1. The predicted octanol–water partition coefficient (Wildman–Crippen LogP) is 1.87. The molecule has 0 aromatic carbocycles. The lowest BCUT2D eigenvalue weighted by Gasteiger charge is -2.18. The van der Waals surface area contributed by atoms with Crippen molar-refractivity contribution in [3.05, 3.63) is 11.1 Å². The van der Waals surface area contributed by atoms with E-state index in [1.807, 2.05) is 11.8 Å². The Morgan fingerprint density at radius 1 is 1.50 bits per heavy atom. The topological polar surface area (TPSA) is 42.4 Å². The van der Waals surface area contributed by atoms with Crippen molar-refractivity contribution in [2.45, 2.75) is 6.42 Å². The third-order valence-electron chi connectivity index (χ3n) is 2.38. The highest BCUT2D eigenvalue weighted by Gasteiger charge is 2.16. The maximum atomic E-state index is 11.3. The molecule has 16 heavy (non-hydrogen) atoms. The summed E-state index contributed by atoms with van der Waals surface area (Å²) in [6.07, 6.45) is 1.18. The van der Waals surface area contributed by atoms with Crippen LogP contribution in [0.25, 0.3) is 0 Å². The van der Waals surface area contributed by atoms with Gasteiger partial charge in [-0.2, -0.15) is 11.8 Å². The summed E-state index contributed by atoms with van der Waals surface area (Å²) < 4.78 is 4.64. The van der Waals surface area contributed by atoms with Gasteiger partial charge in [-0.3, -0.25) is 0 Å². The molecule has 2 heterocycles. The average molecular weight is 258 g/mol. The third kappa shape index (κ3) is 2.68. The molecule has 1 aromatic heterocycles. The standard InChI is InChI=1S/C10H14N2O2S2/c1-14-9(13)8-7-16-10(11-8)12-3-2-5-15-6-4-12/h7H,2-6H2,1H3. The fraction of sp³-hybridized carbons (Fsp3) is 0.600. The summed E-state index contributed by atoms with van der Waals surface area (Å²) >= 11 is 3.49. The molecule has 0 aliphatic carbocycles. The molecule has 88 valence electrons. The maximum absolute atomic E-state index is 11.3. The summed E-state index contributed by atoms with van der Waals surface area (Å²) in [5, 5.41) is 2.70. The Morgan fingerprint density at radius 2 is 2.38 bits per heavy atom. The summed E-state index contributed by atoms with van der Waals surface area (Å²) in [7, 11) is 1.38. The van der Waals surface area contributed by atoms with E-state index >= 15 is 0 Å². The largest absolute Gasteiger partial charge is 0.464 e. The van der Waals surface area contributed by atoms with Crippen LogP contribution in [0, 0.1) is 0 Å². The van der Waals surface area contributed by atoms with Gasteiger partial charge in [-0.1, -0.05) is 0 Å². The van der Waals surface area contributed by atoms with Crippen molar-refractivity contribution in [1.82, 2.24) is 4.98 Å². The number of hydrogen-bond donors (Lipinski definition) is 0. The fourth-order valence-corrected chi connectivity index (χ4v) is 3.28. The number of thiazole rings is 1. The molecule has 1 fully saturated rings. The van der Waals surface area contributed by atoms with Gasteiger partial charge in [0.05, 0.1) is 7.11 Å². The molecular formula is C10H14N2O2S2. The number of ether oxygens (including phenoxy) is 1. The number of carbonyl (C=O) groups is 1. The van der Waals surface area contributed by atoms with Crippen molar-refractivity contribution in [1.29, 1.82) is 0 Å². The van der Waals surface area contributed by atoms with E-state index in [1.54, 1.807) is 5.38 Å². The highest BCUT2D eigenvalue weighted by atomic mass is 32.2. The molecule has 6 heteroatoms. The monoisotopic (exact) mass is 258 g/mol. The van der Waals surface area contributed by atoms with Crippen LogP contribution in [-0.4, -0.2) is 42.7 Å². The van der Waals surface area contributed by atoms with Crippen LogP contribution in [-0.2, 0) is 4.74 Å². The molecule has 1 saturated heterocycles. The number of esters is 1. The Hall–Kier alpha value is -0.750. The van der Waals surface area contributed by atoms with Crippen LogP contribution in [0.1, 0.15) is 16.9 Å². The number of thioether (sulfide) groups is 1. The van der Waals surface area contributed by atoms with Gasteiger partial charge in [-0.15, -0.1) is 11.3 Å². The highest BCUT2D eigenvalue weighted by molar-refractivity contribution is 7.99. The molecule has 1 aliphatic heterocycles. The number of nitrogens with zero attached hydrogens (tertiary/aromatic N) is 2. The second-order valence-electron chi connectivity index (χ2n) is 3.46. The van der Waals surface area contributed by atoms with Crippen LogP contribution in [0.15, 0.2) is 5.38 Å². The van der Waals surface area contributed by atoms with Crippen molar-refractivity contribution in [3.63, 3.8) is 0 Å². The van der Waals surface area contributed by atoms with E-state index < -0.39 is 0 Å². The second-order valence-corrected chi connectivity index (χ2v) is 5.52. The van der Waals surface area contributed by atoms with E-state index in [9.17, 15) is 4.79 Å². The molecule has 0 bridgehead atoms. The molecule has 0 spiro atoms. The van der Waals surface area contributed by atoms with Gasteiger partial charge < -0.3 is 9.64 Å². The van der Waals surface area contributed by atoms with E-state index in [0.29, 0.717) is 5.69 Å². The Kier molecular flexibility index (Phi) is 4.06. The van der Waals surface area contributed by atoms with E-state index in [1.165, 1.54) is 30.6 Å². The Labute approximate surface area is 103 Å². The molecule has 1 aromatic rings. The highest BCUT2D eigenvalue weighted by Crippen LogP contribution is 2.23. The first-order valence-corrected chi connectivity index (χ1v) is 7.21. The van der Waals surface area contributed by atoms with Crippen LogP contribution in [0.2, 0.25) is 0 Å².